The first-order valence-electron chi connectivity index (χ1n) is 10.7. The van der Waals surface area contributed by atoms with Crippen LogP contribution in [0.4, 0.5) is 0 Å². The second-order valence-electron chi connectivity index (χ2n) is 9.42. The summed E-state index contributed by atoms with van der Waals surface area (Å²) in [6, 6.07) is 0. The smallest absolute Gasteiger partial charge is 0.330 e. The molecular weight excluding hydrogens is 360 g/mol. The average molecular weight is 390 g/mol. The largest absolute Gasteiger partial charge is 0.466 e. The first-order valence-corrected chi connectivity index (χ1v) is 10.7. The van der Waals surface area contributed by atoms with Gasteiger partial charge in [0.2, 0.25) is 0 Å². The first kappa shape index (κ1) is 18.6. The maximum Gasteiger partial charge on any atom is 0.330 e. The molecule has 7 atom stereocenters. The van der Waals surface area contributed by atoms with Gasteiger partial charge in [-0.15, -0.1) is 0 Å². The third-order valence-corrected chi connectivity index (χ3v) is 8.67. The molecule has 7 aliphatic rings. The SMILES string of the molecule is COCO[C@@H]1CC2CC[C@]13C(C2)C12CCC/C(=C\C(=O)OC)[C@H]1C[C@@H]3OC2=O. The zero-order chi connectivity index (χ0) is 19.5. The van der Waals surface area contributed by atoms with Gasteiger partial charge >= 0.3 is 11.9 Å². The van der Waals surface area contributed by atoms with Crippen LogP contribution in [0.5, 0.6) is 0 Å². The van der Waals surface area contributed by atoms with Gasteiger partial charge in [0.05, 0.1) is 18.6 Å². The summed E-state index contributed by atoms with van der Waals surface area (Å²) in [6.45, 7) is 0.288. The monoisotopic (exact) mass is 390 g/mol. The van der Waals surface area contributed by atoms with E-state index in [-0.39, 0.29) is 48.2 Å². The topological polar surface area (TPSA) is 71.1 Å². The number of hydrogen-bond acceptors (Lipinski definition) is 6. The number of carbonyl (C=O) groups is 2. The van der Waals surface area contributed by atoms with Gasteiger partial charge in [-0.2, -0.15) is 0 Å². The second-order valence-corrected chi connectivity index (χ2v) is 9.42. The number of methoxy groups -OCH3 is 2. The first-order chi connectivity index (χ1) is 13.6. The standard InChI is InChI=1S/C22H30O6/c1-25-12-27-17-9-13-5-7-22(17)16(8-13)21-6-3-4-14(10-19(23)26-2)15(21)11-18(22)28-20(21)24/h10,13,15-18H,3-9,11-12H2,1-2H3/b14-10+/t13?,15-,16?,17-,18+,21?,22+/m1/s1. The molecule has 2 heterocycles. The van der Waals surface area contributed by atoms with Gasteiger partial charge in [0, 0.05) is 24.5 Å². The van der Waals surface area contributed by atoms with Crippen LogP contribution in [0.2, 0.25) is 0 Å². The van der Waals surface area contributed by atoms with Crippen LogP contribution in [-0.2, 0) is 28.5 Å². The number of carbonyl (C=O) groups excluding carboxylic acids is 2. The van der Waals surface area contributed by atoms with Crippen molar-refractivity contribution in [3.8, 4) is 0 Å². The van der Waals surface area contributed by atoms with Crippen LogP contribution >= 0.6 is 0 Å². The highest BCUT2D eigenvalue weighted by Crippen LogP contribution is 2.73. The van der Waals surface area contributed by atoms with Crippen molar-refractivity contribution in [2.75, 3.05) is 21.0 Å². The molecule has 7 fully saturated rings. The molecule has 154 valence electrons. The fraction of sp³-hybridized carbons (Fsp3) is 0.818. The summed E-state index contributed by atoms with van der Waals surface area (Å²) in [6.07, 6.45) is 9.46. The van der Waals surface area contributed by atoms with Crippen molar-refractivity contribution in [2.45, 2.75) is 63.6 Å². The molecular formula is C22H30O6. The van der Waals surface area contributed by atoms with Crippen molar-refractivity contribution >= 4 is 11.9 Å². The minimum atomic E-state index is -0.499. The summed E-state index contributed by atoms with van der Waals surface area (Å²) in [5.74, 6) is 0.636. The zero-order valence-corrected chi connectivity index (χ0v) is 16.8. The average Bonchev–Trinajstić information content (AvgIpc) is 2.72. The van der Waals surface area contributed by atoms with Crippen molar-refractivity contribution < 1.29 is 28.5 Å². The Bertz CT molecular complexity index is 716. The van der Waals surface area contributed by atoms with Crippen molar-refractivity contribution in [3.05, 3.63) is 11.6 Å². The van der Waals surface area contributed by atoms with E-state index in [1.54, 1.807) is 13.2 Å². The Morgan fingerprint density at radius 2 is 2.11 bits per heavy atom. The van der Waals surface area contributed by atoms with Crippen LogP contribution in [0.3, 0.4) is 0 Å². The maximum absolute atomic E-state index is 13.3. The molecule has 4 bridgehead atoms. The minimum Gasteiger partial charge on any atom is -0.466 e. The zero-order valence-electron chi connectivity index (χ0n) is 16.8. The lowest BCUT2D eigenvalue weighted by atomic mass is 9.36. The van der Waals surface area contributed by atoms with Crippen molar-refractivity contribution in [1.82, 2.24) is 0 Å². The molecule has 0 aromatic carbocycles. The Balaban J connectivity index is 1.58. The van der Waals surface area contributed by atoms with E-state index in [4.69, 9.17) is 18.9 Å². The molecule has 28 heavy (non-hydrogen) atoms. The summed E-state index contributed by atoms with van der Waals surface area (Å²) in [5.41, 5.74) is 0.497. The van der Waals surface area contributed by atoms with Crippen molar-refractivity contribution in [1.29, 1.82) is 0 Å². The van der Waals surface area contributed by atoms with E-state index in [1.165, 1.54) is 13.5 Å². The van der Waals surface area contributed by atoms with E-state index in [0.29, 0.717) is 5.92 Å². The van der Waals surface area contributed by atoms with E-state index in [9.17, 15) is 9.59 Å². The Morgan fingerprint density at radius 3 is 2.89 bits per heavy atom. The molecule has 2 saturated heterocycles. The number of rotatable bonds is 4. The molecule has 0 N–H and O–H groups in total. The van der Waals surface area contributed by atoms with Gasteiger partial charge in [0.25, 0.3) is 0 Å². The lowest BCUT2D eigenvalue weighted by molar-refractivity contribution is -0.306. The van der Waals surface area contributed by atoms with Crippen molar-refractivity contribution in [3.63, 3.8) is 0 Å². The normalized spacial score (nSPS) is 47.4. The highest BCUT2D eigenvalue weighted by atomic mass is 16.7. The maximum atomic E-state index is 13.3. The van der Waals surface area contributed by atoms with Gasteiger partial charge < -0.3 is 18.9 Å². The van der Waals surface area contributed by atoms with Gasteiger partial charge in [-0.1, -0.05) is 5.57 Å². The molecule has 0 radical (unpaired) electrons. The number of hydrogen-bond donors (Lipinski definition) is 0. The summed E-state index contributed by atoms with van der Waals surface area (Å²) in [4.78, 5) is 25.3. The van der Waals surface area contributed by atoms with Gasteiger partial charge in [-0.25, -0.2) is 4.79 Å². The van der Waals surface area contributed by atoms with Gasteiger partial charge in [-0.3, -0.25) is 4.79 Å². The fourth-order valence-electron chi connectivity index (χ4n) is 7.72. The predicted molar refractivity (Wildman–Crippen MR) is 99.0 cm³/mol. The molecule has 2 spiro atoms. The Morgan fingerprint density at radius 1 is 1.25 bits per heavy atom. The number of allylic oxidation sites excluding steroid dienone is 1. The lowest BCUT2D eigenvalue weighted by Gasteiger charge is -2.71. The summed E-state index contributed by atoms with van der Waals surface area (Å²) in [7, 11) is 3.06. The molecule has 6 heteroatoms. The number of esters is 2. The second kappa shape index (κ2) is 6.56. The fourth-order valence-corrected chi connectivity index (χ4v) is 7.72. The van der Waals surface area contributed by atoms with Crippen LogP contribution in [0, 0.1) is 28.6 Å². The molecule has 2 aliphatic heterocycles. The Labute approximate surface area is 165 Å². The van der Waals surface area contributed by atoms with Crippen molar-refractivity contribution in [2.24, 2.45) is 28.6 Å². The van der Waals surface area contributed by atoms with E-state index < -0.39 is 5.41 Å². The molecule has 0 aromatic rings. The predicted octanol–water partition coefficient (Wildman–Crippen LogP) is 3.00. The highest BCUT2D eigenvalue weighted by Gasteiger charge is 2.75. The van der Waals surface area contributed by atoms with Crippen LogP contribution in [0.1, 0.15) is 51.4 Å². The number of fused-ring (bicyclic) bond motifs is 3. The molecule has 5 saturated carbocycles. The van der Waals surface area contributed by atoms with Crippen LogP contribution in [0.15, 0.2) is 11.6 Å². The quantitative estimate of drug-likeness (QED) is 0.418. The van der Waals surface area contributed by atoms with E-state index in [2.05, 4.69) is 0 Å². The van der Waals surface area contributed by atoms with Crippen LogP contribution in [-0.4, -0.2) is 45.2 Å². The lowest BCUT2D eigenvalue weighted by Crippen LogP contribution is -2.74. The Kier molecular flexibility index (Phi) is 4.36. The summed E-state index contributed by atoms with van der Waals surface area (Å²) in [5, 5.41) is 0. The van der Waals surface area contributed by atoms with Gasteiger partial charge in [-0.05, 0) is 63.2 Å². The van der Waals surface area contributed by atoms with Crippen LogP contribution in [0.25, 0.3) is 0 Å². The van der Waals surface area contributed by atoms with Gasteiger partial charge in [0.15, 0.2) is 0 Å². The Hall–Kier alpha value is -1.40. The van der Waals surface area contributed by atoms with E-state index in [0.717, 1.165) is 50.5 Å². The molecule has 0 aromatic heterocycles. The molecule has 3 unspecified atom stereocenters. The highest BCUT2D eigenvalue weighted by molar-refractivity contribution is 5.85. The molecule has 6 nitrogen and oxygen atoms in total. The van der Waals surface area contributed by atoms with E-state index >= 15 is 0 Å². The summed E-state index contributed by atoms with van der Waals surface area (Å²) < 4.78 is 22.4. The molecule has 5 aliphatic carbocycles. The minimum absolute atomic E-state index is 0.0297. The van der Waals surface area contributed by atoms with Gasteiger partial charge in [0.1, 0.15) is 12.9 Å². The third-order valence-electron chi connectivity index (χ3n) is 8.67. The number of ether oxygens (including phenoxy) is 4. The molecule has 7 rings (SSSR count). The molecule has 0 amide bonds. The van der Waals surface area contributed by atoms with E-state index in [1.807, 2.05) is 0 Å². The summed E-state index contributed by atoms with van der Waals surface area (Å²) >= 11 is 0. The third kappa shape index (κ3) is 2.28. The van der Waals surface area contributed by atoms with Crippen LogP contribution < -0.4 is 0 Å².